The second-order valence-corrected chi connectivity index (χ2v) is 6.77. The Hall–Kier alpha value is -3.33. The van der Waals surface area contributed by atoms with Crippen LogP contribution in [0.2, 0.25) is 0 Å². The minimum Gasteiger partial charge on any atom is -0.295 e. The Morgan fingerprint density at radius 3 is 0.967 bits per heavy atom. The predicted octanol–water partition coefficient (Wildman–Crippen LogP) is 6.92. The van der Waals surface area contributed by atoms with Gasteiger partial charge in [0.2, 0.25) is 0 Å². The van der Waals surface area contributed by atoms with Crippen molar-refractivity contribution in [2.24, 2.45) is 0 Å². The lowest BCUT2D eigenvalue weighted by atomic mass is 10.1. The first-order valence-corrected chi connectivity index (χ1v) is 9.42. The van der Waals surface area contributed by atoms with Crippen LogP contribution in [-0.2, 0) is 0 Å². The van der Waals surface area contributed by atoms with Crippen molar-refractivity contribution in [2.45, 2.75) is 42.0 Å². The van der Waals surface area contributed by atoms with E-state index in [9.17, 15) is 14.4 Å². The number of benzene rings is 3. The third-order valence-corrected chi connectivity index (χ3v) is 4.10. The lowest BCUT2D eigenvalue weighted by Crippen LogP contribution is -1.90. The average molecular weight is 405 g/mol. The maximum absolute atomic E-state index is 10.8. The van der Waals surface area contributed by atoms with Gasteiger partial charge in [-0.05, 0) is 34.6 Å². The van der Waals surface area contributed by atoms with Gasteiger partial charge < -0.3 is 0 Å². The second-order valence-electron chi connectivity index (χ2n) is 6.77. The highest BCUT2D eigenvalue weighted by Gasteiger charge is 1.96. The van der Waals surface area contributed by atoms with Crippen molar-refractivity contribution in [1.29, 1.82) is 0 Å². The highest BCUT2D eigenvalue weighted by molar-refractivity contribution is 5.94. The third kappa shape index (κ3) is 10.3. The van der Waals surface area contributed by atoms with Crippen LogP contribution in [0.3, 0.4) is 0 Å². The van der Waals surface area contributed by atoms with Gasteiger partial charge >= 0.3 is 0 Å². The summed E-state index contributed by atoms with van der Waals surface area (Å²) in [6, 6.07) is 24.4. The Bertz CT molecular complexity index is 867. The summed E-state index contributed by atoms with van der Waals surface area (Å²) in [4.78, 5) is 32.2. The van der Waals surface area contributed by atoms with Gasteiger partial charge in [0.1, 0.15) is 0 Å². The van der Waals surface area contributed by atoms with Crippen LogP contribution in [0.15, 0.2) is 78.9 Å². The molecular weight excluding hydrogens is 372 g/mol. The van der Waals surface area contributed by atoms with Gasteiger partial charge in [0.05, 0.1) is 0 Å². The van der Waals surface area contributed by atoms with Crippen molar-refractivity contribution in [1.82, 2.24) is 0 Å². The predicted molar refractivity (Wildman–Crippen MR) is 126 cm³/mol. The van der Waals surface area contributed by atoms with Crippen molar-refractivity contribution >= 4 is 17.3 Å². The van der Waals surface area contributed by atoms with Crippen LogP contribution in [-0.4, -0.2) is 17.3 Å². The summed E-state index contributed by atoms with van der Waals surface area (Å²) in [6.07, 6.45) is 0. The lowest BCUT2D eigenvalue weighted by molar-refractivity contribution is 0.100. The maximum Gasteiger partial charge on any atom is 0.159 e. The topological polar surface area (TPSA) is 51.2 Å². The van der Waals surface area contributed by atoms with E-state index in [4.69, 9.17) is 0 Å². The minimum atomic E-state index is 0. The summed E-state index contributed by atoms with van der Waals surface area (Å²) >= 11 is 0. The number of aryl methyl sites for hydroxylation is 2. The molecule has 3 aromatic carbocycles. The fraction of sp³-hybridized carbons (Fsp3) is 0.222. The molecule has 0 unspecified atom stereocenters. The lowest BCUT2D eigenvalue weighted by Gasteiger charge is -1.94. The summed E-state index contributed by atoms with van der Waals surface area (Å²) in [5, 5.41) is 0. The summed E-state index contributed by atoms with van der Waals surface area (Å²) in [5.74, 6) is 0.371. The van der Waals surface area contributed by atoms with E-state index in [0.29, 0.717) is 0 Å². The van der Waals surface area contributed by atoms with Crippen LogP contribution >= 0.6 is 0 Å². The molecule has 0 N–H and O–H groups in total. The highest BCUT2D eigenvalue weighted by atomic mass is 16.1. The first-order valence-electron chi connectivity index (χ1n) is 9.42. The summed E-state index contributed by atoms with van der Waals surface area (Å²) < 4.78 is 0. The molecule has 0 saturated carbocycles. The molecule has 30 heavy (non-hydrogen) atoms. The quantitative estimate of drug-likeness (QED) is 0.445. The van der Waals surface area contributed by atoms with E-state index >= 15 is 0 Å². The molecule has 3 heteroatoms. The number of hydrogen-bond acceptors (Lipinski definition) is 3. The largest absolute Gasteiger partial charge is 0.295 e. The van der Waals surface area contributed by atoms with Gasteiger partial charge in [-0.25, -0.2) is 0 Å². The average Bonchev–Trinajstić information content (AvgIpc) is 2.70. The van der Waals surface area contributed by atoms with E-state index < -0.39 is 0 Å². The van der Waals surface area contributed by atoms with E-state index in [1.807, 2.05) is 92.7 Å². The number of rotatable bonds is 3. The van der Waals surface area contributed by atoms with E-state index in [0.717, 1.165) is 16.7 Å². The second kappa shape index (κ2) is 13.8. The Morgan fingerprint density at radius 2 is 0.733 bits per heavy atom. The van der Waals surface area contributed by atoms with Crippen molar-refractivity contribution in [3.8, 4) is 0 Å². The van der Waals surface area contributed by atoms with Crippen LogP contribution in [0.1, 0.15) is 70.4 Å². The summed E-state index contributed by atoms with van der Waals surface area (Å²) in [5.41, 5.74) is 4.71. The molecular formula is C27H32O3. The van der Waals surface area contributed by atoms with Crippen molar-refractivity contribution in [2.75, 3.05) is 0 Å². The molecule has 0 amide bonds. The van der Waals surface area contributed by atoms with Crippen molar-refractivity contribution in [3.05, 3.63) is 107 Å². The molecule has 0 atom stereocenters. The first kappa shape index (κ1) is 26.7. The standard InChI is InChI=1S/2C9H10O.C8H8O.CH4/c2*1-7-3-5-9(6-4-7)8(2)10;1-7(9)8-5-3-2-4-6-8;/h2*3-6H,1-2H3;2-6H,1H3;1H4. The van der Waals surface area contributed by atoms with Crippen LogP contribution in [0.4, 0.5) is 0 Å². The van der Waals surface area contributed by atoms with E-state index in [1.165, 1.54) is 11.1 Å². The molecule has 3 aromatic rings. The molecule has 158 valence electrons. The molecule has 0 bridgehead atoms. The SMILES string of the molecule is C.CC(=O)c1ccc(C)cc1.CC(=O)c1ccc(C)cc1.CC(=O)c1ccccc1. The molecule has 3 nitrogen and oxygen atoms in total. The molecule has 0 fully saturated rings. The summed E-state index contributed by atoms with van der Waals surface area (Å²) in [7, 11) is 0. The number of carbonyl (C=O) groups is 3. The van der Waals surface area contributed by atoms with Crippen molar-refractivity contribution in [3.63, 3.8) is 0 Å². The zero-order valence-electron chi connectivity index (χ0n) is 17.7. The van der Waals surface area contributed by atoms with Crippen LogP contribution in [0.5, 0.6) is 0 Å². The van der Waals surface area contributed by atoms with Gasteiger partial charge in [0.15, 0.2) is 17.3 Å². The van der Waals surface area contributed by atoms with Gasteiger partial charge in [0, 0.05) is 16.7 Å². The van der Waals surface area contributed by atoms with E-state index in [1.54, 1.807) is 20.8 Å². The molecule has 0 aliphatic heterocycles. The highest BCUT2D eigenvalue weighted by Crippen LogP contribution is 2.03. The smallest absolute Gasteiger partial charge is 0.159 e. The van der Waals surface area contributed by atoms with Crippen molar-refractivity contribution < 1.29 is 14.4 Å². The van der Waals surface area contributed by atoms with Crippen LogP contribution in [0.25, 0.3) is 0 Å². The Kier molecular flexibility index (Phi) is 12.3. The Labute approximate surface area is 180 Å². The monoisotopic (exact) mass is 404 g/mol. The van der Waals surface area contributed by atoms with Gasteiger partial charge in [0.25, 0.3) is 0 Å². The molecule has 0 aromatic heterocycles. The fourth-order valence-electron chi connectivity index (χ4n) is 2.25. The zero-order chi connectivity index (χ0) is 21.8. The maximum atomic E-state index is 10.8. The number of Topliss-reactive ketones (excluding diaryl/α,β-unsaturated/α-hetero) is 3. The normalized spacial score (nSPS) is 8.97. The third-order valence-electron chi connectivity index (χ3n) is 4.10. The zero-order valence-corrected chi connectivity index (χ0v) is 17.7. The molecule has 0 aliphatic carbocycles. The molecule has 0 heterocycles. The molecule has 0 saturated heterocycles. The molecule has 0 aliphatic rings. The van der Waals surface area contributed by atoms with E-state index in [2.05, 4.69) is 0 Å². The first-order chi connectivity index (χ1) is 13.7. The molecule has 3 rings (SSSR count). The molecule has 0 spiro atoms. The van der Waals surface area contributed by atoms with Crippen LogP contribution < -0.4 is 0 Å². The molecule has 0 radical (unpaired) electrons. The number of ketones is 3. The van der Waals surface area contributed by atoms with Gasteiger partial charge in [-0.2, -0.15) is 0 Å². The van der Waals surface area contributed by atoms with Gasteiger partial charge in [-0.1, -0.05) is 97.4 Å². The Balaban J connectivity index is 0.000000414. The minimum absolute atomic E-state index is 0. The van der Waals surface area contributed by atoms with E-state index in [-0.39, 0.29) is 24.8 Å². The number of hydrogen-bond donors (Lipinski definition) is 0. The van der Waals surface area contributed by atoms with Crippen LogP contribution in [0, 0.1) is 13.8 Å². The fourth-order valence-corrected chi connectivity index (χ4v) is 2.25. The summed E-state index contributed by atoms with van der Waals surface area (Å²) in [6.45, 7) is 8.72. The van der Waals surface area contributed by atoms with Gasteiger partial charge in [-0.3, -0.25) is 14.4 Å². The number of carbonyl (C=O) groups excluding carboxylic acids is 3. The Morgan fingerprint density at radius 1 is 0.467 bits per heavy atom. The van der Waals surface area contributed by atoms with Gasteiger partial charge in [-0.15, -0.1) is 0 Å².